The molecule has 1 aromatic heterocycles. The number of aliphatic hydroxyl groups is 1. The molecule has 3 N–H and O–H groups in total. The lowest BCUT2D eigenvalue weighted by molar-refractivity contribution is -0.137. The number of nitrogens with two attached hydrogens (primary N) is 1. The topological polar surface area (TPSA) is 88.6 Å². The maximum atomic E-state index is 12.7. The number of amides is 1. The van der Waals surface area contributed by atoms with E-state index in [1.54, 1.807) is 12.1 Å². The Morgan fingerprint density at radius 1 is 1.19 bits per heavy atom. The van der Waals surface area contributed by atoms with Gasteiger partial charge in [-0.05, 0) is 36.6 Å². The molecule has 0 aliphatic carbocycles. The Hall–Kier alpha value is -3.42. The number of hydrogen-bond acceptors (Lipinski definition) is 4. The van der Waals surface area contributed by atoms with Gasteiger partial charge >= 0.3 is 6.18 Å². The zero-order chi connectivity index (χ0) is 23.0. The van der Waals surface area contributed by atoms with Crippen molar-refractivity contribution in [3.05, 3.63) is 82.9 Å². The van der Waals surface area contributed by atoms with Gasteiger partial charge in [0.15, 0.2) is 0 Å². The predicted octanol–water partition coefficient (Wildman–Crippen LogP) is 5.22. The Labute approximate surface area is 178 Å². The SMILES string of the molecule is CCC/C=C(/N=C(\C=C(/C)O)C(N)=O)c1ccc(Cc2ccc(C(F)(F)F)cn2)cc1. The van der Waals surface area contributed by atoms with Crippen LogP contribution < -0.4 is 5.73 Å². The van der Waals surface area contributed by atoms with Gasteiger partial charge in [0, 0.05) is 24.4 Å². The third kappa shape index (κ3) is 7.40. The number of benzene rings is 1. The molecule has 5 nitrogen and oxygen atoms in total. The fraction of sp³-hybridized carbons (Fsp3) is 0.261. The first kappa shape index (κ1) is 23.9. The van der Waals surface area contributed by atoms with E-state index < -0.39 is 17.6 Å². The summed E-state index contributed by atoms with van der Waals surface area (Å²) >= 11 is 0. The van der Waals surface area contributed by atoms with Crippen molar-refractivity contribution in [1.82, 2.24) is 4.98 Å². The maximum absolute atomic E-state index is 12.7. The average Bonchev–Trinajstić information content (AvgIpc) is 2.70. The molecule has 2 rings (SSSR count). The molecule has 0 bridgehead atoms. The molecule has 1 heterocycles. The number of rotatable bonds is 8. The van der Waals surface area contributed by atoms with E-state index in [1.165, 1.54) is 19.1 Å². The Morgan fingerprint density at radius 2 is 1.87 bits per heavy atom. The summed E-state index contributed by atoms with van der Waals surface area (Å²) in [5.41, 5.74) is 7.15. The highest BCUT2D eigenvalue weighted by molar-refractivity contribution is 6.43. The quantitative estimate of drug-likeness (QED) is 0.444. The van der Waals surface area contributed by atoms with Crippen molar-refractivity contribution in [3.63, 3.8) is 0 Å². The summed E-state index contributed by atoms with van der Waals surface area (Å²) in [4.78, 5) is 19.9. The van der Waals surface area contributed by atoms with Crippen LogP contribution in [-0.4, -0.2) is 21.7 Å². The van der Waals surface area contributed by atoms with E-state index in [9.17, 15) is 23.1 Å². The molecule has 8 heteroatoms. The fourth-order valence-electron chi connectivity index (χ4n) is 2.69. The van der Waals surface area contributed by atoms with Crippen LogP contribution in [0.25, 0.3) is 5.70 Å². The summed E-state index contributed by atoms with van der Waals surface area (Å²) in [5.74, 6) is -0.854. The molecule has 0 aliphatic rings. The predicted molar refractivity (Wildman–Crippen MR) is 114 cm³/mol. The lowest BCUT2D eigenvalue weighted by Crippen LogP contribution is -2.22. The minimum absolute atomic E-state index is 0.0691. The Morgan fingerprint density at radius 3 is 2.35 bits per heavy atom. The molecule has 1 amide bonds. The summed E-state index contributed by atoms with van der Waals surface area (Å²) in [7, 11) is 0. The first-order valence-corrected chi connectivity index (χ1v) is 9.67. The van der Waals surface area contributed by atoms with Gasteiger partial charge in [-0.25, -0.2) is 4.99 Å². The number of aliphatic imine (C=N–C) groups is 1. The molecule has 0 aliphatic heterocycles. The van der Waals surface area contributed by atoms with Gasteiger partial charge in [-0.3, -0.25) is 9.78 Å². The van der Waals surface area contributed by atoms with Crippen LogP contribution in [0.2, 0.25) is 0 Å². The largest absolute Gasteiger partial charge is 0.513 e. The molecule has 1 aromatic carbocycles. The molecule has 0 radical (unpaired) electrons. The van der Waals surface area contributed by atoms with Crippen LogP contribution >= 0.6 is 0 Å². The Bertz CT molecular complexity index is 986. The van der Waals surface area contributed by atoms with Gasteiger partial charge in [0.05, 0.1) is 17.0 Å². The number of nitrogens with zero attached hydrogens (tertiary/aromatic N) is 2. The normalized spacial score (nSPS) is 13.4. The number of pyridine rings is 1. The number of aromatic nitrogens is 1. The second-order valence-electron chi connectivity index (χ2n) is 6.93. The second-order valence-corrected chi connectivity index (χ2v) is 6.93. The number of carbonyl (C=O) groups excluding carboxylic acids is 1. The summed E-state index contributed by atoms with van der Waals surface area (Å²) < 4.78 is 38.0. The van der Waals surface area contributed by atoms with Crippen LogP contribution in [0.5, 0.6) is 0 Å². The molecule has 0 atom stereocenters. The highest BCUT2D eigenvalue weighted by atomic mass is 19.4. The van der Waals surface area contributed by atoms with Gasteiger partial charge in [0.2, 0.25) is 0 Å². The van der Waals surface area contributed by atoms with Crippen LogP contribution in [0.15, 0.2) is 65.5 Å². The fourth-order valence-corrected chi connectivity index (χ4v) is 2.69. The molecule has 0 saturated heterocycles. The number of halogens is 3. The van der Waals surface area contributed by atoms with E-state index in [2.05, 4.69) is 9.98 Å². The van der Waals surface area contributed by atoms with Crippen molar-refractivity contribution in [3.8, 4) is 0 Å². The van der Waals surface area contributed by atoms with Gasteiger partial charge in [-0.1, -0.05) is 43.7 Å². The van der Waals surface area contributed by atoms with Crippen molar-refractivity contribution in [2.45, 2.75) is 39.3 Å². The van der Waals surface area contributed by atoms with E-state index in [0.29, 0.717) is 17.8 Å². The second kappa shape index (κ2) is 10.6. The highest BCUT2D eigenvalue weighted by Crippen LogP contribution is 2.28. The number of hydrogen-bond donors (Lipinski definition) is 2. The van der Waals surface area contributed by atoms with Crippen LogP contribution in [0.3, 0.4) is 0 Å². The molecular formula is C23H24F3N3O2. The van der Waals surface area contributed by atoms with Gasteiger partial charge < -0.3 is 10.8 Å². The molecule has 164 valence electrons. The summed E-state index contributed by atoms with van der Waals surface area (Å²) in [6.45, 7) is 3.42. The van der Waals surface area contributed by atoms with Crippen molar-refractivity contribution in [1.29, 1.82) is 0 Å². The number of alkyl halides is 3. The lowest BCUT2D eigenvalue weighted by Gasteiger charge is -2.08. The highest BCUT2D eigenvalue weighted by Gasteiger charge is 2.30. The number of aliphatic hydroxyl groups excluding tert-OH is 1. The standard InChI is InChI=1S/C23H24F3N3O2/c1-3-4-5-20(29-21(22(27)31)12-15(2)30)17-8-6-16(7-9-17)13-19-11-10-18(14-28-19)23(24,25)26/h5-12,14,30H,3-4,13H2,1-2H3,(H2,27,31)/b15-12+,20-5+,29-21+. The van der Waals surface area contributed by atoms with Crippen molar-refractivity contribution in [2.24, 2.45) is 10.7 Å². The van der Waals surface area contributed by atoms with Crippen LogP contribution in [0, 0.1) is 0 Å². The minimum atomic E-state index is -4.41. The zero-order valence-corrected chi connectivity index (χ0v) is 17.3. The van der Waals surface area contributed by atoms with Crippen LogP contribution in [0.4, 0.5) is 13.2 Å². The molecule has 0 saturated carbocycles. The lowest BCUT2D eigenvalue weighted by atomic mass is 10.0. The van der Waals surface area contributed by atoms with Crippen LogP contribution in [-0.2, 0) is 17.4 Å². The smallest absolute Gasteiger partial charge is 0.417 e. The molecule has 2 aromatic rings. The molecular weight excluding hydrogens is 407 g/mol. The number of primary amides is 1. The van der Waals surface area contributed by atoms with Crippen molar-refractivity contribution < 1.29 is 23.1 Å². The third-order valence-corrected chi connectivity index (χ3v) is 4.25. The first-order chi connectivity index (χ1) is 14.6. The van der Waals surface area contributed by atoms with Gasteiger partial charge in [-0.15, -0.1) is 0 Å². The third-order valence-electron chi connectivity index (χ3n) is 4.25. The van der Waals surface area contributed by atoms with Gasteiger partial charge in [0.25, 0.3) is 5.91 Å². The summed E-state index contributed by atoms with van der Waals surface area (Å²) in [5, 5.41) is 9.45. The van der Waals surface area contributed by atoms with E-state index >= 15 is 0 Å². The average molecular weight is 431 g/mol. The molecule has 0 spiro atoms. The van der Waals surface area contributed by atoms with E-state index in [-0.39, 0.29) is 11.5 Å². The van der Waals surface area contributed by atoms with E-state index in [4.69, 9.17) is 5.73 Å². The summed E-state index contributed by atoms with van der Waals surface area (Å²) in [6, 6.07) is 9.62. The van der Waals surface area contributed by atoms with Crippen molar-refractivity contribution in [2.75, 3.05) is 0 Å². The monoisotopic (exact) mass is 431 g/mol. The Kier molecular flexibility index (Phi) is 8.13. The van der Waals surface area contributed by atoms with Crippen LogP contribution in [0.1, 0.15) is 49.1 Å². The van der Waals surface area contributed by atoms with Gasteiger partial charge in [-0.2, -0.15) is 13.2 Å². The van der Waals surface area contributed by atoms with Gasteiger partial charge in [0.1, 0.15) is 5.71 Å². The first-order valence-electron chi connectivity index (χ1n) is 9.67. The summed E-state index contributed by atoms with van der Waals surface area (Å²) in [6.07, 6.45) is 1.45. The number of unbranched alkanes of at least 4 members (excludes halogenated alkanes) is 1. The van der Waals surface area contributed by atoms with E-state index in [1.807, 2.05) is 25.1 Å². The number of allylic oxidation sites excluding steroid dienone is 2. The Balaban J connectivity index is 2.27. The zero-order valence-electron chi connectivity index (χ0n) is 17.3. The molecule has 0 unspecified atom stereocenters. The molecule has 31 heavy (non-hydrogen) atoms. The molecule has 0 fully saturated rings. The maximum Gasteiger partial charge on any atom is 0.417 e. The minimum Gasteiger partial charge on any atom is -0.513 e. The van der Waals surface area contributed by atoms with E-state index in [0.717, 1.165) is 36.2 Å². The van der Waals surface area contributed by atoms with Crippen molar-refractivity contribution >= 4 is 17.3 Å². The number of carbonyl (C=O) groups is 1.